The summed E-state index contributed by atoms with van der Waals surface area (Å²) in [5.41, 5.74) is 3.16. The van der Waals surface area contributed by atoms with Crippen molar-refractivity contribution >= 4 is 14.0 Å². The number of hydrogen-bond acceptors (Lipinski definition) is 1. The highest BCUT2D eigenvalue weighted by Crippen LogP contribution is 2.04. The number of nitrogens with one attached hydrogen (secondary N) is 1. The molecule has 0 bridgehead atoms. The first-order valence-corrected chi connectivity index (χ1v) is 8.29. The van der Waals surface area contributed by atoms with Crippen LogP contribution in [0.3, 0.4) is 0 Å². The van der Waals surface area contributed by atoms with Crippen molar-refractivity contribution in [2.75, 3.05) is 0 Å². The molecule has 1 heterocycles. The molecule has 1 atom stereocenters. The molecule has 1 fully saturated rings. The van der Waals surface area contributed by atoms with Gasteiger partial charge in [0.1, 0.15) is 8.07 Å². The van der Waals surface area contributed by atoms with E-state index in [1.54, 1.807) is 0 Å². The zero-order valence-electron chi connectivity index (χ0n) is 8.90. The maximum Gasteiger partial charge on any atom is 0.221 e. The summed E-state index contributed by atoms with van der Waals surface area (Å²) in [6.07, 6.45) is 1.42. The smallest absolute Gasteiger partial charge is 0.221 e. The standard InChI is InChI=1S/C11H15NOSi/c1-14(2,3)9-5-4-6-10-7-8-11(13)12-10/h10H,7-8H2,1-3H3,(H,12,13). The summed E-state index contributed by atoms with van der Waals surface area (Å²) in [6, 6.07) is 0.0263. The Morgan fingerprint density at radius 2 is 2.07 bits per heavy atom. The molecule has 1 saturated heterocycles. The van der Waals surface area contributed by atoms with Crippen LogP contribution in [-0.4, -0.2) is 20.0 Å². The van der Waals surface area contributed by atoms with Gasteiger partial charge in [0, 0.05) is 6.42 Å². The van der Waals surface area contributed by atoms with Crippen LogP contribution in [0.1, 0.15) is 12.8 Å². The van der Waals surface area contributed by atoms with Crippen LogP contribution in [0.5, 0.6) is 0 Å². The van der Waals surface area contributed by atoms with Crippen LogP contribution in [-0.2, 0) is 4.79 Å². The third-order valence-electron chi connectivity index (χ3n) is 1.74. The largest absolute Gasteiger partial charge is 0.342 e. The average Bonchev–Trinajstić information content (AvgIpc) is 2.44. The molecule has 74 valence electrons. The van der Waals surface area contributed by atoms with Crippen molar-refractivity contribution < 1.29 is 4.79 Å². The van der Waals surface area contributed by atoms with Gasteiger partial charge in [-0.25, -0.2) is 0 Å². The van der Waals surface area contributed by atoms with Gasteiger partial charge in [-0.2, -0.15) is 0 Å². The van der Waals surface area contributed by atoms with Crippen molar-refractivity contribution in [2.45, 2.75) is 38.5 Å². The molecule has 0 spiro atoms. The highest BCUT2D eigenvalue weighted by atomic mass is 28.3. The summed E-state index contributed by atoms with van der Waals surface area (Å²) in [5.74, 6) is 8.73. The quantitative estimate of drug-likeness (QED) is 0.466. The summed E-state index contributed by atoms with van der Waals surface area (Å²) in [6.45, 7) is 6.54. The van der Waals surface area contributed by atoms with Crippen molar-refractivity contribution in [2.24, 2.45) is 0 Å². The van der Waals surface area contributed by atoms with Crippen molar-refractivity contribution in [3.8, 4) is 23.3 Å². The maximum absolute atomic E-state index is 10.8. The summed E-state index contributed by atoms with van der Waals surface area (Å²) in [7, 11) is -1.30. The Labute approximate surface area is 86.5 Å². The molecule has 0 aromatic heterocycles. The van der Waals surface area contributed by atoms with Crippen LogP contribution in [0.2, 0.25) is 19.6 Å². The molecule has 1 aliphatic rings. The van der Waals surface area contributed by atoms with Crippen molar-refractivity contribution in [3.05, 3.63) is 0 Å². The number of amides is 1. The van der Waals surface area contributed by atoms with Crippen molar-refractivity contribution in [1.29, 1.82) is 0 Å². The highest BCUT2D eigenvalue weighted by molar-refractivity contribution is 6.83. The molecule has 1 amide bonds. The van der Waals surface area contributed by atoms with Gasteiger partial charge in [0.25, 0.3) is 0 Å². The lowest BCUT2D eigenvalue weighted by Crippen LogP contribution is -2.23. The van der Waals surface area contributed by atoms with E-state index in [1.807, 2.05) is 0 Å². The number of hydrogen-bond donors (Lipinski definition) is 1. The molecule has 0 radical (unpaired) electrons. The molecule has 0 saturated carbocycles. The fourth-order valence-corrected chi connectivity index (χ4v) is 1.50. The van der Waals surface area contributed by atoms with Crippen LogP contribution in [0.25, 0.3) is 0 Å². The van der Waals surface area contributed by atoms with E-state index in [2.05, 4.69) is 48.3 Å². The fourth-order valence-electron chi connectivity index (χ4n) is 1.06. The Hall–Kier alpha value is -1.19. The first-order chi connectivity index (χ1) is 6.47. The monoisotopic (exact) mass is 205 g/mol. The van der Waals surface area contributed by atoms with E-state index in [9.17, 15) is 4.79 Å². The lowest BCUT2D eigenvalue weighted by Gasteiger charge is -2.01. The molecule has 1 unspecified atom stereocenters. The van der Waals surface area contributed by atoms with Gasteiger partial charge in [-0.15, -0.1) is 5.54 Å². The SMILES string of the molecule is C[Si](C)(C)C#CC#CC1CCC(=O)N1. The number of carbonyl (C=O) groups excluding carboxylic acids is 1. The summed E-state index contributed by atoms with van der Waals surface area (Å²) in [4.78, 5) is 10.8. The molecule has 1 aliphatic heterocycles. The average molecular weight is 205 g/mol. The van der Waals surface area contributed by atoms with Gasteiger partial charge >= 0.3 is 0 Å². The fraction of sp³-hybridized carbons (Fsp3) is 0.545. The predicted molar refractivity (Wildman–Crippen MR) is 60.1 cm³/mol. The Morgan fingerprint density at radius 3 is 2.57 bits per heavy atom. The second-order valence-corrected chi connectivity index (χ2v) is 9.18. The molecule has 3 heteroatoms. The van der Waals surface area contributed by atoms with E-state index < -0.39 is 8.07 Å². The molecule has 2 nitrogen and oxygen atoms in total. The first kappa shape index (κ1) is 10.9. The van der Waals surface area contributed by atoms with Crippen LogP contribution in [0.4, 0.5) is 0 Å². The summed E-state index contributed by atoms with van der Waals surface area (Å²) >= 11 is 0. The molecule has 1 N–H and O–H groups in total. The van der Waals surface area contributed by atoms with Crippen molar-refractivity contribution in [3.63, 3.8) is 0 Å². The van der Waals surface area contributed by atoms with Crippen LogP contribution in [0, 0.1) is 23.3 Å². The van der Waals surface area contributed by atoms with E-state index in [1.165, 1.54) is 0 Å². The summed E-state index contributed by atoms with van der Waals surface area (Å²) < 4.78 is 0. The van der Waals surface area contributed by atoms with Crippen molar-refractivity contribution in [1.82, 2.24) is 5.32 Å². The van der Waals surface area contributed by atoms with E-state index >= 15 is 0 Å². The van der Waals surface area contributed by atoms with Gasteiger partial charge in [0.2, 0.25) is 5.91 Å². The first-order valence-electron chi connectivity index (χ1n) is 4.79. The number of rotatable bonds is 0. The minimum Gasteiger partial charge on any atom is -0.342 e. The Bertz CT molecular complexity index is 345. The van der Waals surface area contributed by atoms with Gasteiger partial charge in [-0.3, -0.25) is 4.79 Å². The predicted octanol–water partition coefficient (Wildman–Crippen LogP) is 1.15. The topological polar surface area (TPSA) is 29.1 Å². The second kappa shape index (κ2) is 4.35. The molecule has 0 aliphatic carbocycles. The van der Waals surface area contributed by atoms with Gasteiger partial charge in [-0.1, -0.05) is 25.6 Å². The number of carbonyl (C=O) groups is 1. The molecule has 0 aromatic carbocycles. The van der Waals surface area contributed by atoms with Gasteiger partial charge < -0.3 is 5.32 Å². The van der Waals surface area contributed by atoms with Crippen LogP contribution in [0.15, 0.2) is 0 Å². The minimum atomic E-state index is -1.30. The van der Waals surface area contributed by atoms with Gasteiger partial charge in [-0.05, 0) is 18.3 Å². The normalized spacial score (nSPS) is 20.2. The summed E-state index contributed by atoms with van der Waals surface area (Å²) in [5, 5.41) is 2.78. The lowest BCUT2D eigenvalue weighted by molar-refractivity contribution is -0.119. The maximum atomic E-state index is 10.8. The third kappa shape index (κ3) is 4.16. The molecular formula is C11H15NOSi. The minimum absolute atomic E-state index is 0.0263. The van der Waals surface area contributed by atoms with E-state index in [4.69, 9.17) is 0 Å². The Balaban J connectivity index is 2.47. The van der Waals surface area contributed by atoms with Crippen LogP contribution < -0.4 is 5.32 Å². The highest BCUT2D eigenvalue weighted by Gasteiger charge is 2.17. The molecular weight excluding hydrogens is 190 g/mol. The van der Waals surface area contributed by atoms with E-state index in [0.717, 1.165) is 6.42 Å². The van der Waals surface area contributed by atoms with Gasteiger partial charge in [0.05, 0.1) is 6.04 Å². The Morgan fingerprint density at radius 1 is 1.36 bits per heavy atom. The molecule has 14 heavy (non-hydrogen) atoms. The van der Waals surface area contributed by atoms with E-state index in [-0.39, 0.29) is 11.9 Å². The molecule has 1 rings (SSSR count). The second-order valence-electron chi connectivity index (χ2n) is 4.43. The van der Waals surface area contributed by atoms with Gasteiger partial charge in [0.15, 0.2) is 0 Å². The zero-order chi connectivity index (χ0) is 10.6. The van der Waals surface area contributed by atoms with E-state index in [0.29, 0.717) is 6.42 Å². The lowest BCUT2D eigenvalue weighted by atomic mass is 10.2. The Kier molecular flexibility index (Phi) is 3.38. The molecule has 0 aromatic rings. The third-order valence-corrected chi connectivity index (χ3v) is 2.62. The zero-order valence-corrected chi connectivity index (χ0v) is 9.90. The van der Waals surface area contributed by atoms with Crippen LogP contribution >= 0.6 is 0 Å².